The summed E-state index contributed by atoms with van der Waals surface area (Å²) in [5, 5.41) is 3.45. The fourth-order valence-electron chi connectivity index (χ4n) is 2.71. The number of hydrogen-bond acceptors (Lipinski definition) is 2. The topological polar surface area (TPSA) is 12.0 Å². The minimum absolute atomic E-state index is 0.704. The average Bonchev–Trinajstić information content (AvgIpc) is 2.94. The highest BCUT2D eigenvalue weighted by Gasteiger charge is 2.18. The van der Waals surface area contributed by atoms with E-state index in [1.54, 1.807) is 0 Å². The molecule has 1 fully saturated rings. The molecule has 0 aromatic heterocycles. The van der Waals surface area contributed by atoms with Crippen LogP contribution in [0.15, 0.2) is 58.3 Å². The molecule has 19 heavy (non-hydrogen) atoms. The molecular formula is C17H19NS. The largest absolute Gasteiger partial charge is 0.316 e. The van der Waals surface area contributed by atoms with Crippen molar-refractivity contribution in [1.29, 1.82) is 0 Å². The maximum absolute atomic E-state index is 3.45. The Morgan fingerprint density at radius 3 is 2.58 bits per heavy atom. The molecule has 2 aromatic carbocycles. The van der Waals surface area contributed by atoms with E-state index in [1.165, 1.54) is 27.3 Å². The van der Waals surface area contributed by atoms with Gasteiger partial charge in [-0.15, -0.1) is 0 Å². The van der Waals surface area contributed by atoms with Crippen LogP contribution in [0.5, 0.6) is 0 Å². The summed E-state index contributed by atoms with van der Waals surface area (Å²) in [6.07, 6.45) is 1.27. The van der Waals surface area contributed by atoms with Crippen molar-refractivity contribution in [3.8, 4) is 0 Å². The van der Waals surface area contributed by atoms with Gasteiger partial charge in [0.05, 0.1) is 0 Å². The lowest BCUT2D eigenvalue weighted by molar-refractivity contribution is 0.756. The van der Waals surface area contributed by atoms with Crippen LogP contribution in [0.3, 0.4) is 0 Å². The number of aryl methyl sites for hydroxylation is 1. The van der Waals surface area contributed by atoms with Crippen LogP contribution in [-0.4, -0.2) is 13.1 Å². The summed E-state index contributed by atoms with van der Waals surface area (Å²) >= 11 is 1.84. The molecule has 1 saturated heterocycles. The van der Waals surface area contributed by atoms with Crippen molar-refractivity contribution in [2.75, 3.05) is 13.1 Å². The van der Waals surface area contributed by atoms with Crippen LogP contribution in [0.1, 0.15) is 23.5 Å². The van der Waals surface area contributed by atoms with Crippen LogP contribution >= 0.6 is 11.8 Å². The first-order chi connectivity index (χ1) is 9.33. The Morgan fingerprint density at radius 2 is 1.89 bits per heavy atom. The van der Waals surface area contributed by atoms with Gasteiger partial charge in [-0.3, -0.25) is 0 Å². The van der Waals surface area contributed by atoms with E-state index in [-0.39, 0.29) is 0 Å². The summed E-state index contributed by atoms with van der Waals surface area (Å²) in [5.41, 5.74) is 2.94. The Balaban J connectivity index is 1.79. The molecule has 0 radical (unpaired) electrons. The first kappa shape index (κ1) is 12.8. The highest BCUT2D eigenvalue weighted by atomic mass is 32.2. The summed E-state index contributed by atoms with van der Waals surface area (Å²) in [7, 11) is 0. The second-order valence-electron chi connectivity index (χ2n) is 5.12. The third-order valence-corrected chi connectivity index (χ3v) is 4.72. The highest BCUT2D eigenvalue weighted by Crippen LogP contribution is 2.32. The van der Waals surface area contributed by atoms with Crippen molar-refractivity contribution >= 4 is 11.8 Å². The van der Waals surface area contributed by atoms with E-state index < -0.39 is 0 Å². The maximum Gasteiger partial charge on any atom is 0.0125 e. The highest BCUT2D eigenvalue weighted by molar-refractivity contribution is 7.99. The van der Waals surface area contributed by atoms with E-state index in [1.807, 2.05) is 11.8 Å². The third kappa shape index (κ3) is 3.02. The van der Waals surface area contributed by atoms with E-state index >= 15 is 0 Å². The zero-order chi connectivity index (χ0) is 13.1. The second kappa shape index (κ2) is 5.81. The molecular weight excluding hydrogens is 250 g/mol. The molecule has 0 saturated carbocycles. The number of hydrogen-bond donors (Lipinski definition) is 1. The van der Waals surface area contributed by atoms with Crippen molar-refractivity contribution in [1.82, 2.24) is 5.32 Å². The van der Waals surface area contributed by atoms with E-state index in [9.17, 15) is 0 Å². The van der Waals surface area contributed by atoms with Gasteiger partial charge in [-0.05, 0) is 61.2 Å². The van der Waals surface area contributed by atoms with Crippen LogP contribution in [0, 0.1) is 6.92 Å². The van der Waals surface area contributed by atoms with Crippen molar-refractivity contribution in [3.63, 3.8) is 0 Å². The van der Waals surface area contributed by atoms with Gasteiger partial charge in [0, 0.05) is 16.3 Å². The number of rotatable bonds is 3. The SMILES string of the molecule is Cc1cc(Sc2ccccc2)ccc1C1CCNC1. The lowest BCUT2D eigenvalue weighted by atomic mass is 9.94. The van der Waals surface area contributed by atoms with Crippen LogP contribution in [-0.2, 0) is 0 Å². The summed E-state index contributed by atoms with van der Waals surface area (Å²) in [6, 6.07) is 17.5. The van der Waals surface area contributed by atoms with Gasteiger partial charge in [0.15, 0.2) is 0 Å². The Hall–Kier alpha value is -1.25. The molecule has 1 atom stereocenters. The van der Waals surface area contributed by atoms with Gasteiger partial charge in [0.25, 0.3) is 0 Å². The molecule has 1 nitrogen and oxygen atoms in total. The predicted molar refractivity (Wildman–Crippen MR) is 82.0 cm³/mol. The Labute approximate surface area is 119 Å². The molecule has 1 heterocycles. The monoisotopic (exact) mass is 269 g/mol. The first-order valence-corrected chi connectivity index (χ1v) is 7.69. The van der Waals surface area contributed by atoms with Gasteiger partial charge in [0.1, 0.15) is 0 Å². The molecule has 98 valence electrons. The van der Waals surface area contributed by atoms with Crippen molar-refractivity contribution in [3.05, 3.63) is 59.7 Å². The van der Waals surface area contributed by atoms with Crippen LogP contribution in [0.25, 0.3) is 0 Å². The van der Waals surface area contributed by atoms with Gasteiger partial charge < -0.3 is 5.32 Å². The summed E-state index contributed by atoms with van der Waals surface area (Å²) in [5.74, 6) is 0.704. The van der Waals surface area contributed by atoms with Crippen molar-refractivity contribution in [2.24, 2.45) is 0 Å². The minimum Gasteiger partial charge on any atom is -0.316 e. The average molecular weight is 269 g/mol. The number of benzene rings is 2. The molecule has 2 aromatic rings. The van der Waals surface area contributed by atoms with Crippen molar-refractivity contribution in [2.45, 2.75) is 29.1 Å². The second-order valence-corrected chi connectivity index (χ2v) is 6.27. The van der Waals surface area contributed by atoms with Gasteiger partial charge in [-0.1, -0.05) is 36.0 Å². The third-order valence-electron chi connectivity index (χ3n) is 3.72. The maximum atomic E-state index is 3.45. The first-order valence-electron chi connectivity index (χ1n) is 6.87. The Bertz CT molecular complexity index is 544. The molecule has 1 unspecified atom stereocenters. The Morgan fingerprint density at radius 1 is 1.05 bits per heavy atom. The summed E-state index contributed by atoms with van der Waals surface area (Å²) in [6.45, 7) is 4.53. The zero-order valence-corrected chi connectivity index (χ0v) is 12.0. The molecule has 0 spiro atoms. The van der Waals surface area contributed by atoms with E-state index in [0.29, 0.717) is 5.92 Å². The fraction of sp³-hybridized carbons (Fsp3) is 0.294. The van der Waals surface area contributed by atoms with Gasteiger partial charge in [0.2, 0.25) is 0 Å². The molecule has 0 amide bonds. The summed E-state index contributed by atoms with van der Waals surface area (Å²) in [4.78, 5) is 2.63. The van der Waals surface area contributed by atoms with E-state index in [4.69, 9.17) is 0 Å². The van der Waals surface area contributed by atoms with Crippen LogP contribution in [0.2, 0.25) is 0 Å². The normalized spacial score (nSPS) is 18.7. The molecule has 1 aliphatic rings. The molecule has 3 rings (SSSR count). The van der Waals surface area contributed by atoms with Gasteiger partial charge >= 0.3 is 0 Å². The molecule has 1 N–H and O–H groups in total. The molecule has 0 aliphatic carbocycles. The fourth-order valence-corrected chi connectivity index (χ4v) is 3.65. The lowest BCUT2D eigenvalue weighted by Crippen LogP contribution is -2.08. The van der Waals surface area contributed by atoms with E-state index in [0.717, 1.165) is 13.1 Å². The molecule has 1 aliphatic heterocycles. The van der Waals surface area contributed by atoms with E-state index in [2.05, 4.69) is 60.8 Å². The summed E-state index contributed by atoms with van der Waals surface area (Å²) < 4.78 is 0. The molecule has 0 bridgehead atoms. The zero-order valence-electron chi connectivity index (χ0n) is 11.2. The smallest absolute Gasteiger partial charge is 0.0125 e. The quantitative estimate of drug-likeness (QED) is 0.895. The van der Waals surface area contributed by atoms with Gasteiger partial charge in [-0.25, -0.2) is 0 Å². The molecule has 2 heteroatoms. The predicted octanol–water partition coefficient (Wildman–Crippen LogP) is 4.22. The van der Waals surface area contributed by atoms with Gasteiger partial charge in [-0.2, -0.15) is 0 Å². The van der Waals surface area contributed by atoms with Crippen LogP contribution < -0.4 is 5.32 Å². The Kier molecular flexibility index (Phi) is 3.90. The van der Waals surface area contributed by atoms with Crippen molar-refractivity contribution < 1.29 is 0 Å². The standard InChI is InChI=1S/C17H19NS/c1-13-11-16(19-15-5-3-2-4-6-15)7-8-17(13)14-9-10-18-12-14/h2-8,11,14,18H,9-10,12H2,1H3. The number of nitrogens with one attached hydrogen (secondary N) is 1. The lowest BCUT2D eigenvalue weighted by Gasteiger charge is -2.13. The minimum atomic E-state index is 0.704. The van der Waals surface area contributed by atoms with Crippen LogP contribution in [0.4, 0.5) is 0 Å².